The lowest BCUT2D eigenvalue weighted by Gasteiger charge is -2.36. The third-order valence-electron chi connectivity index (χ3n) is 4.41. The molecule has 1 aliphatic rings. The minimum atomic E-state index is -0.0130. The molecule has 1 atom stereocenters. The third kappa shape index (κ3) is 2.91. The summed E-state index contributed by atoms with van der Waals surface area (Å²) < 4.78 is 0. The number of likely N-dealkylation sites (tertiary alicyclic amines) is 1. The molecular formula is C16H23NO2. The molecule has 0 aromatic heterocycles. The Hall–Kier alpha value is -1.51. The van der Waals surface area contributed by atoms with Crippen molar-refractivity contribution in [1.29, 1.82) is 0 Å². The van der Waals surface area contributed by atoms with E-state index in [2.05, 4.69) is 13.0 Å². The summed E-state index contributed by atoms with van der Waals surface area (Å²) in [5.41, 5.74) is 1.14. The quantitative estimate of drug-likeness (QED) is 0.888. The van der Waals surface area contributed by atoms with Crippen LogP contribution in [0.2, 0.25) is 0 Å². The van der Waals surface area contributed by atoms with Crippen molar-refractivity contribution in [1.82, 2.24) is 4.90 Å². The summed E-state index contributed by atoms with van der Waals surface area (Å²) in [5.74, 6) is 0.462. The SMILES string of the molecule is CCC1(c2cccc(O)c2)CCCCN(C(C)=O)C1. The fourth-order valence-electron chi connectivity index (χ4n) is 3.12. The van der Waals surface area contributed by atoms with E-state index in [-0.39, 0.29) is 11.3 Å². The van der Waals surface area contributed by atoms with E-state index in [1.54, 1.807) is 13.0 Å². The van der Waals surface area contributed by atoms with Crippen molar-refractivity contribution in [2.45, 2.75) is 44.9 Å². The van der Waals surface area contributed by atoms with Gasteiger partial charge in [-0.1, -0.05) is 25.5 Å². The highest BCUT2D eigenvalue weighted by Crippen LogP contribution is 2.37. The molecule has 3 heteroatoms. The van der Waals surface area contributed by atoms with Crippen LogP contribution in [0.4, 0.5) is 0 Å². The molecular weight excluding hydrogens is 238 g/mol. The van der Waals surface area contributed by atoms with Crippen LogP contribution >= 0.6 is 0 Å². The molecule has 0 aliphatic carbocycles. The zero-order chi connectivity index (χ0) is 13.9. The molecule has 0 radical (unpaired) electrons. The van der Waals surface area contributed by atoms with Crippen LogP contribution in [0.25, 0.3) is 0 Å². The molecule has 1 amide bonds. The normalized spacial score (nSPS) is 24.0. The predicted octanol–water partition coefficient (Wildman–Crippen LogP) is 3.07. The summed E-state index contributed by atoms with van der Waals surface area (Å²) in [7, 11) is 0. The van der Waals surface area contributed by atoms with Crippen molar-refractivity contribution in [2.75, 3.05) is 13.1 Å². The molecule has 1 unspecified atom stereocenters. The minimum Gasteiger partial charge on any atom is -0.508 e. The first-order chi connectivity index (χ1) is 9.07. The largest absolute Gasteiger partial charge is 0.508 e. The van der Waals surface area contributed by atoms with Crippen LogP contribution in [0.5, 0.6) is 5.75 Å². The van der Waals surface area contributed by atoms with Gasteiger partial charge in [-0.15, -0.1) is 0 Å². The number of phenolic OH excluding ortho intramolecular Hbond substituents is 1. The highest BCUT2D eigenvalue weighted by atomic mass is 16.3. The van der Waals surface area contributed by atoms with Gasteiger partial charge in [0.2, 0.25) is 5.91 Å². The summed E-state index contributed by atoms with van der Waals surface area (Å²) in [6, 6.07) is 7.53. The zero-order valence-corrected chi connectivity index (χ0v) is 11.9. The Morgan fingerprint density at radius 1 is 1.42 bits per heavy atom. The Morgan fingerprint density at radius 3 is 2.84 bits per heavy atom. The van der Waals surface area contributed by atoms with Gasteiger partial charge in [-0.3, -0.25) is 4.79 Å². The second-order valence-electron chi connectivity index (χ2n) is 5.58. The first kappa shape index (κ1) is 13.9. The molecule has 1 fully saturated rings. The maximum absolute atomic E-state index is 11.7. The average Bonchev–Trinajstić information content (AvgIpc) is 2.62. The summed E-state index contributed by atoms with van der Waals surface area (Å²) in [4.78, 5) is 13.7. The van der Waals surface area contributed by atoms with Gasteiger partial charge in [0.1, 0.15) is 5.75 Å². The second-order valence-corrected chi connectivity index (χ2v) is 5.58. The van der Waals surface area contributed by atoms with Gasteiger partial charge in [0, 0.05) is 25.4 Å². The lowest BCUT2D eigenvalue weighted by molar-refractivity contribution is -0.129. The van der Waals surface area contributed by atoms with E-state index in [1.807, 2.05) is 17.0 Å². The van der Waals surface area contributed by atoms with Gasteiger partial charge in [0.15, 0.2) is 0 Å². The molecule has 1 aromatic carbocycles. The third-order valence-corrected chi connectivity index (χ3v) is 4.41. The molecule has 2 rings (SSSR count). The van der Waals surface area contributed by atoms with Crippen LogP contribution in [-0.2, 0) is 10.2 Å². The number of hydrogen-bond donors (Lipinski definition) is 1. The number of benzene rings is 1. The number of carbonyl (C=O) groups is 1. The van der Waals surface area contributed by atoms with E-state index >= 15 is 0 Å². The van der Waals surface area contributed by atoms with Crippen LogP contribution < -0.4 is 0 Å². The van der Waals surface area contributed by atoms with Crippen molar-refractivity contribution in [3.05, 3.63) is 29.8 Å². The number of hydrogen-bond acceptors (Lipinski definition) is 2. The Balaban J connectivity index is 2.36. The molecule has 1 N–H and O–H groups in total. The predicted molar refractivity (Wildman–Crippen MR) is 76.2 cm³/mol. The maximum atomic E-state index is 11.7. The van der Waals surface area contributed by atoms with E-state index in [1.165, 1.54) is 0 Å². The smallest absolute Gasteiger partial charge is 0.219 e. The topological polar surface area (TPSA) is 40.5 Å². The summed E-state index contributed by atoms with van der Waals surface area (Å²) in [5, 5.41) is 9.72. The fraction of sp³-hybridized carbons (Fsp3) is 0.562. The van der Waals surface area contributed by atoms with Gasteiger partial charge in [-0.2, -0.15) is 0 Å². The first-order valence-corrected chi connectivity index (χ1v) is 7.12. The van der Waals surface area contributed by atoms with Crippen molar-refractivity contribution in [2.24, 2.45) is 0 Å². The number of aromatic hydroxyl groups is 1. The van der Waals surface area contributed by atoms with Crippen LogP contribution in [0.1, 0.15) is 45.1 Å². The molecule has 0 saturated carbocycles. The number of nitrogens with zero attached hydrogens (tertiary/aromatic N) is 1. The fourth-order valence-corrected chi connectivity index (χ4v) is 3.12. The standard InChI is InChI=1S/C16H23NO2/c1-3-16(14-7-6-8-15(19)11-14)9-4-5-10-17(12-16)13(2)18/h6-8,11,19H,3-5,9-10,12H2,1-2H3. The molecule has 1 heterocycles. The van der Waals surface area contributed by atoms with Gasteiger partial charge in [0.25, 0.3) is 0 Å². The lowest BCUT2D eigenvalue weighted by atomic mass is 9.74. The van der Waals surface area contributed by atoms with Gasteiger partial charge < -0.3 is 10.0 Å². The number of rotatable bonds is 2. The highest BCUT2D eigenvalue weighted by molar-refractivity contribution is 5.73. The van der Waals surface area contributed by atoms with Crippen molar-refractivity contribution in [3.63, 3.8) is 0 Å². The molecule has 1 aromatic rings. The minimum absolute atomic E-state index is 0.0130. The second kappa shape index (κ2) is 5.64. The summed E-state index contributed by atoms with van der Waals surface area (Å²) in [6.45, 7) is 5.44. The summed E-state index contributed by atoms with van der Waals surface area (Å²) in [6.07, 6.45) is 4.27. The first-order valence-electron chi connectivity index (χ1n) is 7.12. The Morgan fingerprint density at radius 2 is 2.21 bits per heavy atom. The summed E-state index contributed by atoms with van der Waals surface area (Å²) >= 11 is 0. The van der Waals surface area contributed by atoms with Crippen molar-refractivity contribution < 1.29 is 9.90 Å². The van der Waals surface area contributed by atoms with Crippen LogP contribution in [-0.4, -0.2) is 29.0 Å². The maximum Gasteiger partial charge on any atom is 0.219 e. The van der Waals surface area contributed by atoms with Crippen LogP contribution in [0.3, 0.4) is 0 Å². The van der Waals surface area contributed by atoms with Gasteiger partial charge in [-0.05, 0) is 37.0 Å². The van der Waals surface area contributed by atoms with Gasteiger partial charge >= 0.3 is 0 Å². The number of phenols is 1. The Bertz CT molecular complexity index is 458. The molecule has 1 saturated heterocycles. The number of carbonyl (C=O) groups excluding carboxylic acids is 1. The molecule has 19 heavy (non-hydrogen) atoms. The molecule has 0 bridgehead atoms. The average molecular weight is 261 g/mol. The monoisotopic (exact) mass is 261 g/mol. The van der Waals surface area contributed by atoms with E-state index < -0.39 is 0 Å². The van der Waals surface area contributed by atoms with E-state index in [4.69, 9.17) is 0 Å². The van der Waals surface area contributed by atoms with Crippen molar-refractivity contribution >= 4 is 5.91 Å². The number of amides is 1. The van der Waals surface area contributed by atoms with Crippen LogP contribution in [0.15, 0.2) is 24.3 Å². The lowest BCUT2D eigenvalue weighted by Crippen LogP contribution is -2.41. The van der Waals surface area contributed by atoms with E-state index in [0.717, 1.165) is 44.3 Å². The molecule has 104 valence electrons. The molecule has 3 nitrogen and oxygen atoms in total. The van der Waals surface area contributed by atoms with Gasteiger partial charge in [0.05, 0.1) is 0 Å². The molecule has 1 aliphatic heterocycles. The van der Waals surface area contributed by atoms with Gasteiger partial charge in [-0.25, -0.2) is 0 Å². The zero-order valence-electron chi connectivity index (χ0n) is 11.9. The van der Waals surface area contributed by atoms with E-state index in [0.29, 0.717) is 5.75 Å². The van der Waals surface area contributed by atoms with E-state index in [9.17, 15) is 9.90 Å². The van der Waals surface area contributed by atoms with Crippen molar-refractivity contribution in [3.8, 4) is 5.75 Å². The Kier molecular flexibility index (Phi) is 4.13. The Labute approximate surface area is 115 Å². The van der Waals surface area contributed by atoms with Crippen LogP contribution in [0, 0.1) is 0 Å². The molecule has 0 spiro atoms. The highest BCUT2D eigenvalue weighted by Gasteiger charge is 2.35.